The molecule has 1 aromatic rings. The molecule has 0 unspecified atom stereocenters. The number of morpholine rings is 1. The van der Waals surface area contributed by atoms with Gasteiger partial charge in [-0.3, -0.25) is 9.80 Å². The number of carbonyl (C=O) groups excluding carboxylic acids is 2. The number of hydrazine groups is 1. The maximum absolute atomic E-state index is 13.8. The van der Waals surface area contributed by atoms with Gasteiger partial charge in [-0.15, -0.1) is 0 Å². The summed E-state index contributed by atoms with van der Waals surface area (Å²) in [6, 6.07) is 3.88. The summed E-state index contributed by atoms with van der Waals surface area (Å²) in [5.41, 5.74) is 3.65. The van der Waals surface area contributed by atoms with Gasteiger partial charge in [0.15, 0.2) is 5.17 Å². The Morgan fingerprint density at radius 1 is 1.28 bits per heavy atom. The topological polar surface area (TPSA) is 83.5 Å². The maximum Gasteiger partial charge on any atom is 0.415 e. The van der Waals surface area contributed by atoms with Gasteiger partial charge >= 0.3 is 6.09 Å². The molecule has 0 radical (unpaired) electrons. The Balaban J connectivity index is 1.51. The van der Waals surface area contributed by atoms with Crippen LogP contribution in [0.2, 0.25) is 0 Å². The molecule has 29 heavy (non-hydrogen) atoms. The van der Waals surface area contributed by atoms with Gasteiger partial charge in [0.2, 0.25) is 0 Å². The monoisotopic (exact) mass is 420 g/mol. The van der Waals surface area contributed by atoms with Crippen molar-refractivity contribution in [2.24, 2.45) is 4.99 Å². The first-order chi connectivity index (χ1) is 14.1. The molecule has 8 nitrogen and oxygen atoms in total. The zero-order valence-electron chi connectivity index (χ0n) is 15.7. The minimum atomic E-state index is -0.571. The van der Waals surface area contributed by atoms with Gasteiger partial charge < -0.3 is 14.4 Å². The van der Waals surface area contributed by atoms with Gasteiger partial charge in [-0.1, -0.05) is 0 Å². The van der Waals surface area contributed by atoms with Crippen molar-refractivity contribution in [3.05, 3.63) is 34.5 Å². The molecule has 154 valence electrons. The van der Waals surface area contributed by atoms with E-state index >= 15 is 0 Å². The summed E-state index contributed by atoms with van der Waals surface area (Å²) in [7, 11) is 0. The van der Waals surface area contributed by atoms with Gasteiger partial charge in [-0.05, 0) is 42.8 Å². The number of nitrogens with one attached hydrogen (secondary N) is 1. The average molecular weight is 420 g/mol. The van der Waals surface area contributed by atoms with E-state index in [1.165, 1.54) is 28.8 Å². The van der Waals surface area contributed by atoms with E-state index in [0.29, 0.717) is 41.9 Å². The number of amides is 2. The number of hydrogen-bond acceptors (Lipinski definition) is 7. The predicted molar refractivity (Wildman–Crippen MR) is 107 cm³/mol. The van der Waals surface area contributed by atoms with Crippen LogP contribution < -0.4 is 10.2 Å². The van der Waals surface area contributed by atoms with Crippen molar-refractivity contribution in [2.75, 3.05) is 39.4 Å². The zero-order valence-corrected chi connectivity index (χ0v) is 16.5. The van der Waals surface area contributed by atoms with Crippen LogP contribution >= 0.6 is 11.8 Å². The predicted octanol–water partition coefficient (Wildman–Crippen LogP) is 2.23. The molecule has 0 aromatic heterocycles. The Labute approximate surface area is 171 Å². The highest BCUT2D eigenvalue weighted by atomic mass is 32.2. The molecule has 3 heterocycles. The summed E-state index contributed by atoms with van der Waals surface area (Å²) in [5, 5.41) is 2.46. The Kier molecular flexibility index (Phi) is 6.12. The first-order valence-corrected chi connectivity index (χ1v) is 10.3. The molecule has 0 aliphatic carbocycles. The van der Waals surface area contributed by atoms with Crippen molar-refractivity contribution in [3.63, 3.8) is 0 Å². The van der Waals surface area contributed by atoms with E-state index in [2.05, 4.69) is 10.4 Å². The summed E-state index contributed by atoms with van der Waals surface area (Å²) >= 11 is 1.24. The quantitative estimate of drug-likeness (QED) is 0.735. The molecule has 1 N–H and O–H groups in total. The summed E-state index contributed by atoms with van der Waals surface area (Å²) in [6.45, 7) is 3.32. The minimum absolute atomic E-state index is 0.0620. The number of carbonyl (C=O) groups is 2. The number of ether oxygens (including phenoxy) is 2. The smallest absolute Gasteiger partial charge is 0.409 e. The highest BCUT2D eigenvalue weighted by Crippen LogP contribution is 2.33. The summed E-state index contributed by atoms with van der Waals surface area (Å²) in [5.74, 6) is -0.837. The number of hydrogen-bond donors (Lipinski definition) is 1. The van der Waals surface area contributed by atoms with Crippen LogP contribution in [0.1, 0.15) is 18.4 Å². The van der Waals surface area contributed by atoms with Crippen LogP contribution in [0.25, 0.3) is 6.08 Å². The molecule has 0 saturated carbocycles. The Morgan fingerprint density at radius 3 is 2.86 bits per heavy atom. The third-order valence-electron chi connectivity index (χ3n) is 4.68. The number of nitrogens with zero attached hydrogens (tertiary/aromatic N) is 3. The molecule has 3 aliphatic rings. The fourth-order valence-corrected chi connectivity index (χ4v) is 4.04. The number of rotatable bonds is 2. The number of thioether (sulfide) groups is 1. The standard InChI is InChI=1S/C19H21FN4O4S/c20-14-4-3-13(15(12-14)28-19(26)23-7-9-27-10-8-23)11-16-17(25)22-18(29-16)24-6-2-1-5-21-24/h3-4,11-12,21H,1-2,5-10H2/b16-11-. The minimum Gasteiger partial charge on any atom is -0.409 e. The molecule has 0 spiro atoms. The number of aliphatic imine (C=N–C) groups is 1. The van der Waals surface area contributed by atoms with Gasteiger partial charge in [0.05, 0.1) is 18.1 Å². The molecule has 2 fully saturated rings. The number of benzene rings is 1. The normalized spacial score (nSPS) is 21.5. The van der Waals surface area contributed by atoms with Crippen LogP contribution in [0.4, 0.5) is 9.18 Å². The van der Waals surface area contributed by atoms with Crippen LogP contribution in [0.5, 0.6) is 5.75 Å². The lowest BCUT2D eigenvalue weighted by molar-refractivity contribution is -0.113. The molecular formula is C19H21FN4O4S. The molecule has 2 amide bonds. The Morgan fingerprint density at radius 2 is 2.10 bits per heavy atom. The van der Waals surface area contributed by atoms with E-state index in [-0.39, 0.29) is 11.7 Å². The van der Waals surface area contributed by atoms with Gasteiger partial charge in [-0.2, -0.15) is 4.99 Å². The van der Waals surface area contributed by atoms with E-state index in [1.807, 2.05) is 5.01 Å². The van der Waals surface area contributed by atoms with E-state index in [4.69, 9.17) is 9.47 Å². The summed E-state index contributed by atoms with van der Waals surface area (Å²) in [4.78, 5) is 30.7. The highest BCUT2D eigenvalue weighted by Gasteiger charge is 2.28. The van der Waals surface area contributed by atoms with Crippen molar-refractivity contribution in [2.45, 2.75) is 12.8 Å². The third-order valence-corrected chi connectivity index (χ3v) is 5.69. The maximum atomic E-state index is 13.8. The van der Waals surface area contributed by atoms with Crippen molar-refractivity contribution < 1.29 is 23.5 Å². The summed E-state index contributed by atoms with van der Waals surface area (Å²) < 4.78 is 24.4. The molecule has 0 atom stereocenters. The van der Waals surface area contributed by atoms with Crippen molar-refractivity contribution in [3.8, 4) is 5.75 Å². The van der Waals surface area contributed by atoms with Crippen LogP contribution in [-0.4, -0.2) is 66.5 Å². The largest absolute Gasteiger partial charge is 0.415 e. The molecular weight excluding hydrogens is 399 g/mol. The second-order valence-corrected chi connectivity index (χ2v) is 7.74. The second kappa shape index (κ2) is 8.93. The fraction of sp³-hybridized carbons (Fsp3) is 0.421. The SMILES string of the molecule is O=C1N=C(N2CCCCN2)S/C1=C\c1ccc(F)cc1OC(=O)N1CCOCC1. The lowest BCUT2D eigenvalue weighted by atomic mass is 10.2. The number of amidine groups is 1. The Bertz CT molecular complexity index is 864. The molecule has 0 bridgehead atoms. The van der Waals surface area contributed by atoms with Gasteiger partial charge in [0.25, 0.3) is 5.91 Å². The molecule has 3 aliphatic heterocycles. The van der Waals surface area contributed by atoms with Crippen LogP contribution in [0.3, 0.4) is 0 Å². The summed E-state index contributed by atoms with van der Waals surface area (Å²) in [6.07, 6.45) is 3.12. The molecule has 1 aromatic carbocycles. The first kappa shape index (κ1) is 19.9. The molecule has 4 rings (SSSR count). The van der Waals surface area contributed by atoms with Crippen molar-refractivity contribution in [1.29, 1.82) is 0 Å². The lowest BCUT2D eigenvalue weighted by Crippen LogP contribution is -2.45. The first-order valence-electron chi connectivity index (χ1n) is 9.48. The van der Waals surface area contributed by atoms with Crippen molar-refractivity contribution in [1.82, 2.24) is 15.3 Å². The van der Waals surface area contributed by atoms with Crippen LogP contribution in [0.15, 0.2) is 28.1 Å². The highest BCUT2D eigenvalue weighted by molar-refractivity contribution is 8.18. The molecule has 2 saturated heterocycles. The third kappa shape index (κ3) is 4.77. The van der Waals surface area contributed by atoms with E-state index in [0.717, 1.165) is 32.0 Å². The van der Waals surface area contributed by atoms with Gasteiger partial charge in [0, 0.05) is 37.8 Å². The zero-order chi connectivity index (χ0) is 20.2. The molecule has 10 heteroatoms. The number of halogens is 1. The second-order valence-electron chi connectivity index (χ2n) is 6.73. The average Bonchev–Trinajstić information content (AvgIpc) is 3.11. The Hall–Kier alpha value is -2.43. The van der Waals surface area contributed by atoms with Gasteiger partial charge in [0.1, 0.15) is 11.6 Å². The van der Waals surface area contributed by atoms with Gasteiger partial charge in [-0.25, -0.2) is 14.6 Å². The van der Waals surface area contributed by atoms with E-state index in [1.54, 1.807) is 6.08 Å². The fourth-order valence-electron chi connectivity index (χ4n) is 3.13. The van der Waals surface area contributed by atoms with Crippen LogP contribution in [-0.2, 0) is 9.53 Å². The van der Waals surface area contributed by atoms with Crippen LogP contribution in [0, 0.1) is 5.82 Å². The van der Waals surface area contributed by atoms with E-state index < -0.39 is 11.9 Å². The van der Waals surface area contributed by atoms with E-state index in [9.17, 15) is 14.0 Å². The van der Waals surface area contributed by atoms with Crippen molar-refractivity contribution >= 4 is 35.0 Å². The lowest BCUT2D eigenvalue weighted by Gasteiger charge is -2.28.